The Morgan fingerprint density at radius 1 is 1.12 bits per heavy atom. The molecule has 4 heteroatoms. The van der Waals surface area contributed by atoms with Gasteiger partial charge in [0, 0.05) is 22.9 Å². The van der Waals surface area contributed by atoms with E-state index in [4.69, 9.17) is 5.73 Å². The van der Waals surface area contributed by atoms with Gasteiger partial charge in [0.25, 0.3) is 0 Å². The fraction of sp³-hybridized carbons (Fsp3) is 0.0769. The van der Waals surface area contributed by atoms with E-state index in [0.29, 0.717) is 5.84 Å². The van der Waals surface area contributed by atoms with Crippen LogP contribution in [0.2, 0.25) is 0 Å². The normalized spacial score (nSPS) is 11.5. The van der Waals surface area contributed by atoms with Crippen LogP contribution < -0.4 is 5.73 Å². The first-order chi connectivity index (χ1) is 8.29. The van der Waals surface area contributed by atoms with Gasteiger partial charge in [-0.2, -0.15) is 0 Å². The highest BCUT2D eigenvalue weighted by atomic mass is 32.2. The molecule has 1 aromatic heterocycles. The Bertz CT molecular complexity index is 506. The molecule has 2 rings (SSSR count). The van der Waals surface area contributed by atoms with Gasteiger partial charge in [0.2, 0.25) is 0 Å². The van der Waals surface area contributed by atoms with Gasteiger partial charge in [0.15, 0.2) is 0 Å². The number of hydrogen-bond acceptors (Lipinski definition) is 3. The molecule has 0 saturated heterocycles. The minimum Gasteiger partial charge on any atom is -0.383 e. The Balaban J connectivity index is 2.23. The molecule has 0 aliphatic carbocycles. The maximum Gasteiger partial charge on any atom is 0.131 e. The molecule has 1 heterocycles. The topological polar surface area (TPSA) is 51.3 Å². The van der Waals surface area contributed by atoms with E-state index in [0.717, 1.165) is 11.3 Å². The smallest absolute Gasteiger partial charge is 0.131 e. The van der Waals surface area contributed by atoms with Crippen molar-refractivity contribution in [2.24, 2.45) is 10.7 Å². The van der Waals surface area contributed by atoms with Crippen molar-refractivity contribution >= 4 is 23.3 Å². The lowest BCUT2D eigenvalue weighted by Crippen LogP contribution is -2.12. The molecule has 0 amide bonds. The zero-order chi connectivity index (χ0) is 12.1. The highest BCUT2D eigenvalue weighted by molar-refractivity contribution is 7.98. The number of aliphatic imine (C=N–C) groups is 1. The van der Waals surface area contributed by atoms with Crippen LogP contribution in [0.3, 0.4) is 0 Å². The van der Waals surface area contributed by atoms with Crippen LogP contribution in [0.4, 0.5) is 5.69 Å². The number of hydrogen-bond donors (Lipinski definition) is 1. The maximum absolute atomic E-state index is 5.91. The van der Waals surface area contributed by atoms with Crippen LogP contribution in [-0.2, 0) is 0 Å². The molecular formula is C13H13N3S. The Hall–Kier alpha value is -1.81. The number of nitrogens with two attached hydrogens (primary N) is 1. The molecule has 0 spiro atoms. The summed E-state index contributed by atoms with van der Waals surface area (Å²) in [5, 5.41) is 0. The van der Waals surface area contributed by atoms with E-state index in [2.05, 4.69) is 9.98 Å². The van der Waals surface area contributed by atoms with Gasteiger partial charge in [-0.05, 0) is 42.7 Å². The molecular weight excluding hydrogens is 230 g/mol. The van der Waals surface area contributed by atoms with Crippen LogP contribution in [0.1, 0.15) is 5.56 Å². The molecule has 0 bridgehead atoms. The number of nitrogens with zero attached hydrogens (tertiary/aromatic N) is 2. The molecule has 0 aliphatic heterocycles. The second-order valence-electron chi connectivity index (χ2n) is 3.43. The van der Waals surface area contributed by atoms with Crippen LogP contribution >= 0.6 is 11.8 Å². The van der Waals surface area contributed by atoms with Gasteiger partial charge in [0.05, 0.1) is 5.69 Å². The average Bonchev–Trinajstić information content (AvgIpc) is 2.40. The van der Waals surface area contributed by atoms with E-state index in [9.17, 15) is 0 Å². The second kappa shape index (κ2) is 5.50. The van der Waals surface area contributed by atoms with E-state index in [1.807, 2.05) is 42.7 Å². The molecule has 0 radical (unpaired) electrons. The summed E-state index contributed by atoms with van der Waals surface area (Å²) in [5.74, 6) is 0.504. The van der Waals surface area contributed by atoms with E-state index in [1.54, 1.807) is 24.2 Å². The van der Waals surface area contributed by atoms with Crippen LogP contribution in [-0.4, -0.2) is 17.1 Å². The summed E-state index contributed by atoms with van der Waals surface area (Å²) in [6, 6.07) is 11.7. The lowest BCUT2D eigenvalue weighted by Gasteiger charge is -2.01. The van der Waals surface area contributed by atoms with Crippen LogP contribution in [0.15, 0.2) is 58.7 Å². The highest BCUT2D eigenvalue weighted by Crippen LogP contribution is 2.19. The largest absolute Gasteiger partial charge is 0.383 e. The summed E-state index contributed by atoms with van der Waals surface area (Å²) >= 11 is 1.70. The number of amidine groups is 1. The maximum atomic E-state index is 5.91. The molecule has 0 aliphatic rings. The number of benzene rings is 1. The van der Waals surface area contributed by atoms with Crippen molar-refractivity contribution in [3.63, 3.8) is 0 Å². The quantitative estimate of drug-likeness (QED) is 0.512. The molecule has 86 valence electrons. The van der Waals surface area contributed by atoms with Crippen molar-refractivity contribution in [1.82, 2.24) is 4.98 Å². The summed E-state index contributed by atoms with van der Waals surface area (Å²) in [6.07, 6.45) is 5.45. The minimum absolute atomic E-state index is 0.504. The first kappa shape index (κ1) is 11.7. The van der Waals surface area contributed by atoms with E-state index < -0.39 is 0 Å². The third-order valence-corrected chi connectivity index (χ3v) is 3.04. The van der Waals surface area contributed by atoms with Crippen LogP contribution in [0, 0.1) is 0 Å². The highest BCUT2D eigenvalue weighted by Gasteiger charge is 1.98. The van der Waals surface area contributed by atoms with Crippen molar-refractivity contribution in [2.75, 3.05) is 6.26 Å². The fourth-order valence-electron chi connectivity index (χ4n) is 1.38. The standard InChI is InChI=1S/C13H13N3S/c1-17-12-4-2-11(3-5-12)16-13(14)10-6-8-15-9-7-10/h2-9H,1H3,(H2,14,16). The molecule has 2 N–H and O–H groups in total. The lowest BCUT2D eigenvalue weighted by molar-refractivity contribution is 1.31. The van der Waals surface area contributed by atoms with Crippen LogP contribution in [0.25, 0.3) is 0 Å². The third-order valence-electron chi connectivity index (χ3n) is 2.30. The van der Waals surface area contributed by atoms with Crippen molar-refractivity contribution in [3.05, 3.63) is 54.4 Å². The summed E-state index contributed by atoms with van der Waals surface area (Å²) in [6.45, 7) is 0. The number of aromatic nitrogens is 1. The molecule has 17 heavy (non-hydrogen) atoms. The summed E-state index contributed by atoms with van der Waals surface area (Å²) < 4.78 is 0. The molecule has 2 aromatic rings. The van der Waals surface area contributed by atoms with Gasteiger partial charge in [-0.25, -0.2) is 4.99 Å². The van der Waals surface area contributed by atoms with Gasteiger partial charge in [-0.1, -0.05) is 0 Å². The molecule has 3 nitrogen and oxygen atoms in total. The van der Waals surface area contributed by atoms with Crippen molar-refractivity contribution < 1.29 is 0 Å². The molecule has 0 atom stereocenters. The summed E-state index contributed by atoms with van der Waals surface area (Å²) in [4.78, 5) is 9.52. The molecule has 0 unspecified atom stereocenters. The van der Waals surface area contributed by atoms with Gasteiger partial charge >= 0.3 is 0 Å². The van der Waals surface area contributed by atoms with E-state index in [-0.39, 0.29) is 0 Å². The Kier molecular flexibility index (Phi) is 3.77. The fourth-order valence-corrected chi connectivity index (χ4v) is 1.79. The SMILES string of the molecule is CSc1ccc(N=C(N)c2ccncc2)cc1. The Morgan fingerprint density at radius 3 is 2.35 bits per heavy atom. The second-order valence-corrected chi connectivity index (χ2v) is 4.31. The Morgan fingerprint density at radius 2 is 1.76 bits per heavy atom. The van der Waals surface area contributed by atoms with E-state index in [1.165, 1.54) is 4.90 Å². The zero-order valence-electron chi connectivity index (χ0n) is 9.50. The van der Waals surface area contributed by atoms with Gasteiger partial charge in [-0.3, -0.25) is 4.98 Å². The predicted octanol–water partition coefficient (Wildman–Crippen LogP) is 2.84. The van der Waals surface area contributed by atoms with Crippen molar-refractivity contribution in [1.29, 1.82) is 0 Å². The van der Waals surface area contributed by atoms with Gasteiger partial charge < -0.3 is 5.73 Å². The summed E-state index contributed by atoms with van der Waals surface area (Å²) in [7, 11) is 0. The zero-order valence-corrected chi connectivity index (χ0v) is 10.3. The number of rotatable bonds is 3. The Labute approximate surface area is 105 Å². The first-order valence-corrected chi connectivity index (χ1v) is 6.40. The monoisotopic (exact) mass is 243 g/mol. The molecule has 0 fully saturated rings. The first-order valence-electron chi connectivity index (χ1n) is 5.18. The third kappa shape index (κ3) is 3.07. The number of pyridine rings is 1. The minimum atomic E-state index is 0.504. The average molecular weight is 243 g/mol. The molecule has 1 aromatic carbocycles. The lowest BCUT2D eigenvalue weighted by atomic mass is 10.2. The molecule has 0 saturated carbocycles. The predicted molar refractivity (Wildman–Crippen MR) is 72.8 cm³/mol. The summed E-state index contributed by atoms with van der Waals surface area (Å²) in [5.41, 5.74) is 7.66. The van der Waals surface area contributed by atoms with Crippen molar-refractivity contribution in [3.8, 4) is 0 Å². The van der Waals surface area contributed by atoms with Gasteiger partial charge in [0.1, 0.15) is 5.84 Å². The van der Waals surface area contributed by atoms with Gasteiger partial charge in [-0.15, -0.1) is 11.8 Å². The number of thioether (sulfide) groups is 1. The van der Waals surface area contributed by atoms with Crippen LogP contribution in [0.5, 0.6) is 0 Å². The van der Waals surface area contributed by atoms with Crippen molar-refractivity contribution in [2.45, 2.75) is 4.90 Å². The van der Waals surface area contributed by atoms with E-state index >= 15 is 0 Å².